The molecule has 16 heavy (non-hydrogen) atoms. The van der Waals surface area contributed by atoms with E-state index in [0.29, 0.717) is 36.0 Å². The van der Waals surface area contributed by atoms with Gasteiger partial charge in [-0.25, -0.2) is 4.98 Å². The molecule has 0 bridgehead atoms. The Morgan fingerprint density at radius 1 is 1.50 bits per heavy atom. The predicted octanol–water partition coefficient (Wildman–Crippen LogP) is 1.67. The molecule has 88 valence electrons. The van der Waals surface area contributed by atoms with Crippen LogP contribution in [-0.4, -0.2) is 22.6 Å². The summed E-state index contributed by atoms with van der Waals surface area (Å²) in [6.07, 6.45) is 3.86. The molecule has 5 nitrogen and oxygen atoms in total. The van der Waals surface area contributed by atoms with Crippen molar-refractivity contribution < 1.29 is 4.74 Å². The van der Waals surface area contributed by atoms with Crippen molar-refractivity contribution in [3.05, 3.63) is 6.33 Å². The van der Waals surface area contributed by atoms with Gasteiger partial charge in [0.05, 0.1) is 6.61 Å². The molecule has 5 heteroatoms. The molecule has 1 saturated carbocycles. The molecule has 1 aromatic rings. The third-order valence-corrected chi connectivity index (χ3v) is 2.32. The molecule has 0 unspecified atom stereocenters. The Hall–Kier alpha value is -1.52. The van der Waals surface area contributed by atoms with Crippen LogP contribution in [-0.2, 0) is 0 Å². The van der Waals surface area contributed by atoms with E-state index in [1.165, 1.54) is 19.2 Å². The topological polar surface area (TPSA) is 73.1 Å². The number of hydrogen-bond acceptors (Lipinski definition) is 5. The van der Waals surface area contributed by atoms with Gasteiger partial charge in [-0.1, -0.05) is 13.8 Å². The van der Waals surface area contributed by atoms with Crippen LogP contribution in [0.5, 0.6) is 5.88 Å². The number of nitrogens with two attached hydrogens (primary N) is 1. The minimum atomic E-state index is 0.453. The van der Waals surface area contributed by atoms with Crippen LogP contribution in [0.4, 0.5) is 11.5 Å². The summed E-state index contributed by atoms with van der Waals surface area (Å²) in [4.78, 5) is 8.16. The molecular formula is C11H18N4O. The maximum absolute atomic E-state index is 5.93. The van der Waals surface area contributed by atoms with Gasteiger partial charge in [0.15, 0.2) is 5.82 Å². The Labute approximate surface area is 95.4 Å². The van der Waals surface area contributed by atoms with Crippen LogP contribution in [0.25, 0.3) is 0 Å². The fourth-order valence-electron chi connectivity index (χ4n) is 1.28. The second-order valence-corrected chi connectivity index (χ2v) is 4.56. The van der Waals surface area contributed by atoms with Crippen LogP contribution < -0.4 is 15.8 Å². The SMILES string of the molecule is CC(C)COc1ncnc(NC2CC2)c1N. The van der Waals surface area contributed by atoms with E-state index in [0.717, 1.165) is 0 Å². The van der Waals surface area contributed by atoms with E-state index >= 15 is 0 Å². The Balaban J connectivity index is 2.05. The van der Waals surface area contributed by atoms with E-state index in [2.05, 4.69) is 29.1 Å². The van der Waals surface area contributed by atoms with Gasteiger partial charge in [0, 0.05) is 6.04 Å². The summed E-state index contributed by atoms with van der Waals surface area (Å²) >= 11 is 0. The number of nitrogens with one attached hydrogen (secondary N) is 1. The molecule has 0 aliphatic heterocycles. The molecule has 2 rings (SSSR count). The number of nitrogen functional groups attached to an aromatic ring is 1. The zero-order chi connectivity index (χ0) is 11.5. The Kier molecular flexibility index (Phi) is 3.12. The normalized spacial score (nSPS) is 15.2. The van der Waals surface area contributed by atoms with Crippen LogP contribution in [0.2, 0.25) is 0 Å². The monoisotopic (exact) mass is 222 g/mol. The second kappa shape index (κ2) is 4.55. The van der Waals surface area contributed by atoms with E-state index < -0.39 is 0 Å². The minimum Gasteiger partial charge on any atom is -0.476 e. The molecule has 0 aromatic carbocycles. The molecule has 1 aromatic heterocycles. The minimum absolute atomic E-state index is 0.453. The first-order chi connectivity index (χ1) is 7.66. The fraction of sp³-hybridized carbons (Fsp3) is 0.636. The van der Waals surface area contributed by atoms with Gasteiger partial charge < -0.3 is 15.8 Å². The highest BCUT2D eigenvalue weighted by Gasteiger charge is 2.23. The number of hydrogen-bond donors (Lipinski definition) is 2. The van der Waals surface area contributed by atoms with Crippen LogP contribution in [0.15, 0.2) is 6.33 Å². The van der Waals surface area contributed by atoms with E-state index in [-0.39, 0.29) is 0 Å². The summed E-state index contributed by atoms with van der Waals surface area (Å²) in [6, 6.07) is 0.523. The van der Waals surface area contributed by atoms with Crippen molar-refractivity contribution in [3.8, 4) is 5.88 Å². The van der Waals surface area contributed by atoms with Gasteiger partial charge >= 0.3 is 0 Å². The third kappa shape index (κ3) is 2.74. The largest absolute Gasteiger partial charge is 0.476 e. The average Bonchev–Trinajstić information content (AvgIpc) is 3.03. The predicted molar refractivity (Wildman–Crippen MR) is 63.4 cm³/mol. The van der Waals surface area contributed by atoms with Crippen molar-refractivity contribution in [1.29, 1.82) is 0 Å². The first kappa shape index (κ1) is 11.0. The van der Waals surface area contributed by atoms with E-state index in [1.807, 2.05) is 0 Å². The van der Waals surface area contributed by atoms with E-state index in [4.69, 9.17) is 10.5 Å². The van der Waals surface area contributed by atoms with Gasteiger partial charge in [0.2, 0.25) is 5.88 Å². The Bertz CT molecular complexity index is 363. The Morgan fingerprint density at radius 3 is 2.88 bits per heavy atom. The number of ether oxygens (including phenoxy) is 1. The summed E-state index contributed by atoms with van der Waals surface area (Å²) in [5, 5.41) is 3.26. The maximum atomic E-state index is 5.93. The number of anilines is 2. The fourth-order valence-corrected chi connectivity index (χ4v) is 1.28. The van der Waals surface area contributed by atoms with Crippen molar-refractivity contribution >= 4 is 11.5 Å². The molecule has 0 spiro atoms. The van der Waals surface area contributed by atoms with E-state index in [9.17, 15) is 0 Å². The highest BCUT2D eigenvalue weighted by Crippen LogP contribution is 2.30. The van der Waals surface area contributed by atoms with Gasteiger partial charge in [0.25, 0.3) is 0 Å². The Morgan fingerprint density at radius 2 is 2.25 bits per heavy atom. The standard InChI is InChI=1S/C11H18N4O/c1-7(2)5-16-11-9(12)10(13-6-14-11)15-8-3-4-8/h6-8H,3-5,12H2,1-2H3,(H,13,14,15). The maximum Gasteiger partial charge on any atom is 0.242 e. The molecule has 0 radical (unpaired) electrons. The van der Waals surface area contributed by atoms with Crippen molar-refractivity contribution in [2.45, 2.75) is 32.7 Å². The lowest BCUT2D eigenvalue weighted by molar-refractivity contribution is 0.262. The van der Waals surface area contributed by atoms with Crippen molar-refractivity contribution in [2.24, 2.45) is 5.92 Å². The summed E-state index contributed by atoms with van der Waals surface area (Å²) in [5.41, 5.74) is 6.44. The summed E-state index contributed by atoms with van der Waals surface area (Å²) < 4.78 is 5.52. The van der Waals surface area contributed by atoms with Crippen LogP contribution in [0, 0.1) is 5.92 Å². The zero-order valence-corrected chi connectivity index (χ0v) is 9.73. The highest BCUT2D eigenvalue weighted by molar-refractivity contribution is 5.66. The lowest BCUT2D eigenvalue weighted by Crippen LogP contribution is -2.11. The third-order valence-electron chi connectivity index (χ3n) is 2.32. The van der Waals surface area contributed by atoms with Gasteiger partial charge in [-0.2, -0.15) is 4.98 Å². The lowest BCUT2D eigenvalue weighted by Gasteiger charge is -2.12. The summed E-state index contributed by atoms with van der Waals surface area (Å²) in [6.45, 7) is 4.78. The summed E-state index contributed by atoms with van der Waals surface area (Å²) in [5.74, 6) is 1.62. The molecule has 0 saturated heterocycles. The smallest absolute Gasteiger partial charge is 0.242 e. The first-order valence-corrected chi connectivity index (χ1v) is 5.66. The molecule has 3 N–H and O–H groups in total. The van der Waals surface area contributed by atoms with Crippen molar-refractivity contribution in [3.63, 3.8) is 0 Å². The van der Waals surface area contributed by atoms with Crippen molar-refractivity contribution in [1.82, 2.24) is 9.97 Å². The lowest BCUT2D eigenvalue weighted by atomic mass is 10.2. The second-order valence-electron chi connectivity index (χ2n) is 4.56. The molecule has 1 aliphatic rings. The quantitative estimate of drug-likeness (QED) is 0.792. The zero-order valence-electron chi connectivity index (χ0n) is 9.73. The van der Waals surface area contributed by atoms with Crippen LogP contribution >= 0.6 is 0 Å². The molecule has 1 heterocycles. The highest BCUT2D eigenvalue weighted by atomic mass is 16.5. The van der Waals surface area contributed by atoms with E-state index in [1.54, 1.807) is 0 Å². The molecule has 1 fully saturated rings. The van der Waals surface area contributed by atoms with Crippen LogP contribution in [0.3, 0.4) is 0 Å². The summed E-state index contributed by atoms with van der Waals surface area (Å²) in [7, 11) is 0. The first-order valence-electron chi connectivity index (χ1n) is 5.66. The molecule has 0 atom stereocenters. The average molecular weight is 222 g/mol. The number of nitrogens with zero attached hydrogens (tertiary/aromatic N) is 2. The molecular weight excluding hydrogens is 204 g/mol. The number of rotatable bonds is 5. The van der Waals surface area contributed by atoms with Crippen molar-refractivity contribution in [2.75, 3.05) is 17.7 Å². The molecule has 1 aliphatic carbocycles. The van der Waals surface area contributed by atoms with Gasteiger partial charge in [-0.05, 0) is 18.8 Å². The van der Waals surface area contributed by atoms with Gasteiger partial charge in [0.1, 0.15) is 12.0 Å². The van der Waals surface area contributed by atoms with Crippen LogP contribution in [0.1, 0.15) is 26.7 Å². The molecule has 0 amide bonds. The van der Waals surface area contributed by atoms with Gasteiger partial charge in [-0.15, -0.1) is 0 Å². The number of aromatic nitrogens is 2. The van der Waals surface area contributed by atoms with Gasteiger partial charge in [-0.3, -0.25) is 0 Å².